The van der Waals surface area contributed by atoms with Gasteiger partial charge in [0.15, 0.2) is 0 Å². The number of pyridine rings is 1. The largest absolute Gasteiger partial charge is 0.366 e. The van der Waals surface area contributed by atoms with Crippen molar-refractivity contribution in [3.63, 3.8) is 0 Å². The van der Waals surface area contributed by atoms with Crippen LogP contribution in [-0.2, 0) is 0 Å². The van der Waals surface area contributed by atoms with E-state index in [0.29, 0.717) is 17.5 Å². The van der Waals surface area contributed by atoms with Crippen molar-refractivity contribution in [3.05, 3.63) is 35.7 Å². The maximum absolute atomic E-state index is 9.42. The highest BCUT2D eigenvalue weighted by atomic mass is 15.1. The number of rotatable bonds is 2. The molecule has 2 N–H and O–H groups in total. The summed E-state index contributed by atoms with van der Waals surface area (Å²) in [4.78, 5) is 9.67. The number of aromatic nitrogens is 2. The lowest BCUT2D eigenvalue weighted by atomic mass is 10.0. The van der Waals surface area contributed by atoms with Gasteiger partial charge in [-0.05, 0) is 18.4 Å². The van der Waals surface area contributed by atoms with Gasteiger partial charge in [0.25, 0.3) is 0 Å². The molecular weight excluding hydrogens is 262 g/mol. The van der Waals surface area contributed by atoms with Gasteiger partial charge < -0.3 is 15.2 Å². The minimum Gasteiger partial charge on any atom is -0.366 e. The summed E-state index contributed by atoms with van der Waals surface area (Å²) >= 11 is 0. The summed E-state index contributed by atoms with van der Waals surface area (Å²) < 4.78 is 0. The van der Waals surface area contributed by atoms with Gasteiger partial charge in [-0.3, -0.25) is 0 Å². The van der Waals surface area contributed by atoms with Gasteiger partial charge in [-0.2, -0.15) is 5.26 Å². The molecule has 0 radical (unpaired) electrons. The van der Waals surface area contributed by atoms with Crippen molar-refractivity contribution in [2.45, 2.75) is 12.5 Å². The van der Waals surface area contributed by atoms with Gasteiger partial charge in [0.2, 0.25) is 0 Å². The fourth-order valence-electron chi connectivity index (χ4n) is 3.59. The first-order valence-corrected chi connectivity index (χ1v) is 7.28. The molecule has 0 amide bonds. The number of likely N-dealkylation sites (N-methyl/N-ethyl adjacent to an activating group) is 1. The molecule has 2 aromatic heterocycles. The second-order valence-corrected chi connectivity index (χ2v) is 5.86. The normalized spacial score (nSPS) is 23.9. The van der Waals surface area contributed by atoms with E-state index < -0.39 is 0 Å². The van der Waals surface area contributed by atoms with E-state index in [1.807, 2.05) is 12.3 Å². The molecule has 0 bridgehead atoms. The number of nitrogens with zero attached hydrogens (tertiary/aromatic N) is 3. The van der Waals surface area contributed by atoms with E-state index in [-0.39, 0.29) is 0 Å². The molecule has 4 rings (SSSR count). The highest BCUT2D eigenvalue weighted by molar-refractivity contribution is 5.93. The molecule has 5 heteroatoms. The average molecular weight is 279 g/mol. The third-order valence-electron chi connectivity index (χ3n) is 4.71. The second kappa shape index (κ2) is 4.61. The number of nitriles is 1. The van der Waals surface area contributed by atoms with Crippen LogP contribution in [0.3, 0.4) is 0 Å². The summed E-state index contributed by atoms with van der Waals surface area (Å²) in [6, 6.07) is 4.64. The van der Waals surface area contributed by atoms with E-state index in [2.05, 4.69) is 39.4 Å². The molecule has 0 saturated carbocycles. The first-order valence-electron chi connectivity index (χ1n) is 7.28. The number of H-pyrrole nitrogens is 1. The quantitative estimate of drug-likeness (QED) is 0.822. The Morgan fingerprint density at radius 2 is 2.38 bits per heavy atom. The van der Waals surface area contributed by atoms with E-state index in [1.54, 1.807) is 6.20 Å². The first kappa shape index (κ1) is 12.4. The number of nitrogens with one attached hydrogen (secondary N) is 2. The van der Waals surface area contributed by atoms with Crippen LogP contribution in [0.25, 0.3) is 11.0 Å². The third kappa shape index (κ3) is 1.83. The van der Waals surface area contributed by atoms with E-state index in [1.165, 1.54) is 5.57 Å². The molecule has 0 aromatic carbocycles. The zero-order valence-electron chi connectivity index (χ0n) is 11.9. The zero-order valence-corrected chi connectivity index (χ0v) is 11.9. The van der Waals surface area contributed by atoms with Crippen molar-refractivity contribution in [1.82, 2.24) is 15.3 Å². The van der Waals surface area contributed by atoms with Crippen LogP contribution >= 0.6 is 0 Å². The molecule has 1 aliphatic carbocycles. The molecule has 1 fully saturated rings. The number of anilines is 1. The van der Waals surface area contributed by atoms with E-state index in [4.69, 9.17) is 0 Å². The Labute approximate surface area is 123 Å². The monoisotopic (exact) mass is 279 g/mol. The maximum atomic E-state index is 9.42. The molecule has 106 valence electrons. The average Bonchev–Trinajstić information content (AvgIpc) is 3.19. The summed E-state index contributed by atoms with van der Waals surface area (Å²) in [6.45, 7) is 2.09. The number of fused-ring (bicyclic) bond motifs is 2. The van der Waals surface area contributed by atoms with Crippen molar-refractivity contribution in [2.75, 3.05) is 25.0 Å². The van der Waals surface area contributed by atoms with Crippen molar-refractivity contribution in [1.29, 1.82) is 5.26 Å². The van der Waals surface area contributed by atoms with Crippen LogP contribution in [0.4, 0.5) is 5.69 Å². The fraction of sp³-hybridized carbons (Fsp3) is 0.375. The topological polar surface area (TPSA) is 67.7 Å². The van der Waals surface area contributed by atoms with Crippen LogP contribution in [0, 0.1) is 17.2 Å². The molecule has 1 aliphatic heterocycles. The Hall–Kier alpha value is -2.32. The van der Waals surface area contributed by atoms with E-state index in [9.17, 15) is 5.26 Å². The maximum Gasteiger partial charge on any atom is 0.139 e. The summed E-state index contributed by atoms with van der Waals surface area (Å²) in [6.07, 6.45) is 7.03. The number of hydrogen-bond donors (Lipinski definition) is 2. The van der Waals surface area contributed by atoms with Crippen molar-refractivity contribution < 1.29 is 0 Å². The van der Waals surface area contributed by atoms with Crippen LogP contribution in [0.2, 0.25) is 0 Å². The predicted octanol–water partition coefficient (Wildman–Crippen LogP) is 1.79. The van der Waals surface area contributed by atoms with Crippen LogP contribution < -0.4 is 10.2 Å². The van der Waals surface area contributed by atoms with Crippen molar-refractivity contribution >= 4 is 16.7 Å². The van der Waals surface area contributed by atoms with Crippen LogP contribution in [-0.4, -0.2) is 36.1 Å². The summed E-state index contributed by atoms with van der Waals surface area (Å²) in [5.74, 6) is 0.659. The molecule has 2 aliphatic rings. The Bertz CT molecular complexity index is 767. The number of aromatic amines is 1. The van der Waals surface area contributed by atoms with Crippen LogP contribution in [0.15, 0.2) is 30.1 Å². The SMILES string of the molecule is CN(c1c(C#N)cnc2[nH]ccc12)C1C=C2CNCC2C1. The molecule has 21 heavy (non-hydrogen) atoms. The minimum absolute atomic E-state index is 0.361. The lowest BCUT2D eigenvalue weighted by Gasteiger charge is -2.27. The summed E-state index contributed by atoms with van der Waals surface area (Å²) in [5, 5.41) is 13.9. The Kier molecular flexibility index (Phi) is 2.72. The van der Waals surface area contributed by atoms with Gasteiger partial charge in [0, 0.05) is 44.0 Å². The van der Waals surface area contributed by atoms with Gasteiger partial charge in [-0.15, -0.1) is 0 Å². The highest BCUT2D eigenvalue weighted by Crippen LogP contribution is 2.36. The smallest absolute Gasteiger partial charge is 0.139 e. The lowest BCUT2D eigenvalue weighted by Crippen LogP contribution is -2.30. The molecule has 0 spiro atoms. The predicted molar refractivity (Wildman–Crippen MR) is 82.1 cm³/mol. The van der Waals surface area contributed by atoms with Gasteiger partial charge in [-0.1, -0.05) is 11.6 Å². The molecule has 2 unspecified atom stereocenters. The molecule has 1 saturated heterocycles. The molecule has 2 aromatic rings. The Morgan fingerprint density at radius 1 is 1.48 bits per heavy atom. The molecule has 2 atom stereocenters. The Balaban J connectivity index is 1.78. The van der Waals surface area contributed by atoms with Crippen LogP contribution in [0.1, 0.15) is 12.0 Å². The van der Waals surface area contributed by atoms with Crippen molar-refractivity contribution in [2.24, 2.45) is 5.92 Å². The lowest BCUT2D eigenvalue weighted by molar-refractivity contribution is 0.577. The standard InChI is InChI=1S/C16H17N5/c1-21(13-4-10-7-18-8-11(10)5-13)15-12(6-17)9-20-16-14(15)2-3-19-16/h2-4,9,11,13,18H,5,7-8H2,1H3,(H,19,20). The minimum atomic E-state index is 0.361. The molecule has 5 nitrogen and oxygen atoms in total. The van der Waals surface area contributed by atoms with Gasteiger partial charge in [-0.25, -0.2) is 4.98 Å². The van der Waals surface area contributed by atoms with Crippen LogP contribution in [0.5, 0.6) is 0 Å². The third-order valence-corrected chi connectivity index (χ3v) is 4.71. The second-order valence-electron chi connectivity index (χ2n) is 5.86. The van der Waals surface area contributed by atoms with E-state index >= 15 is 0 Å². The summed E-state index contributed by atoms with van der Waals surface area (Å²) in [5.41, 5.74) is 3.98. The van der Waals surface area contributed by atoms with Gasteiger partial charge in [0.1, 0.15) is 11.7 Å². The van der Waals surface area contributed by atoms with Gasteiger partial charge >= 0.3 is 0 Å². The fourth-order valence-corrected chi connectivity index (χ4v) is 3.59. The first-order chi connectivity index (χ1) is 10.3. The van der Waals surface area contributed by atoms with E-state index in [0.717, 1.165) is 36.2 Å². The number of hydrogen-bond acceptors (Lipinski definition) is 4. The van der Waals surface area contributed by atoms with Gasteiger partial charge in [0.05, 0.1) is 11.3 Å². The summed E-state index contributed by atoms with van der Waals surface area (Å²) in [7, 11) is 2.08. The Morgan fingerprint density at radius 3 is 3.19 bits per heavy atom. The molecule has 3 heterocycles. The molecular formula is C16H17N5. The van der Waals surface area contributed by atoms with Crippen molar-refractivity contribution in [3.8, 4) is 6.07 Å². The highest BCUT2D eigenvalue weighted by Gasteiger charge is 2.32. The zero-order chi connectivity index (χ0) is 14.4.